The summed E-state index contributed by atoms with van der Waals surface area (Å²) in [6, 6.07) is 51.4. The number of oxazole rings is 1. The third kappa shape index (κ3) is 3.34. The lowest BCUT2D eigenvalue weighted by Gasteiger charge is -2.44. The smallest absolute Gasteiger partial charge is 0.252 e. The van der Waals surface area contributed by atoms with Gasteiger partial charge in [0, 0.05) is 39.7 Å². The van der Waals surface area contributed by atoms with E-state index in [0.29, 0.717) is 5.89 Å². The summed E-state index contributed by atoms with van der Waals surface area (Å²) in [7, 11) is 0. The van der Waals surface area contributed by atoms with Crippen molar-refractivity contribution < 1.29 is 4.42 Å². The zero-order valence-corrected chi connectivity index (χ0v) is 22.7. The highest BCUT2D eigenvalue weighted by molar-refractivity contribution is 7.00. The molecule has 6 aromatic carbocycles. The largest absolute Gasteiger partial charge is 0.436 e. The normalized spacial score (nSPS) is 13.1. The van der Waals surface area contributed by atoms with Crippen molar-refractivity contribution >= 4 is 68.3 Å². The number of benzene rings is 6. The SMILES string of the molecule is c1ccc(N2c3ccccc3B3c4ccccc4N(c4ccccc4)c4cc(-c5nc6ccccc6o5)cc2c43)cc1. The van der Waals surface area contributed by atoms with Crippen molar-refractivity contribution in [1.82, 2.24) is 4.98 Å². The van der Waals surface area contributed by atoms with E-state index in [-0.39, 0.29) is 6.71 Å². The minimum absolute atomic E-state index is 0.0833. The molecule has 0 aliphatic carbocycles. The van der Waals surface area contributed by atoms with Gasteiger partial charge in [-0.05, 0) is 77.1 Å². The summed E-state index contributed by atoms with van der Waals surface area (Å²) >= 11 is 0. The number of anilines is 6. The number of fused-ring (bicyclic) bond motifs is 5. The Morgan fingerprint density at radius 3 is 1.57 bits per heavy atom. The summed E-state index contributed by atoms with van der Waals surface area (Å²) in [5.74, 6) is 0.616. The Hall–Kier alpha value is -5.55. The van der Waals surface area contributed by atoms with E-state index in [2.05, 4.69) is 131 Å². The zero-order chi connectivity index (χ0) is 27.6. The van der Waals surface area contributed by atoms with Crippen LogP contribution in [-0.4, -0.2) is 11.7 Å². The van der Waals surface area contributed by atoms with Crippen LogP contribution in [0.2, 0.25) is 0 Å². The van der Waals surface area contributed by atoms with Crippen LogP contribution in [0.1, 0.15) is 0 Å². The molecule has 2 aliphatic heterocycles. The Balaban J connectivity index is 1.41. The van der Waals surface area contributed by atoms with Crippen LogP contribution in [0.4, 0.5) is 34.1 Å². The Morgan fingerprint density at radius 2 is 1.00 bits per heavy atom. The van der Waals surface area contributed by atoms with Gasteiger partial charge in [0.2, 0.25) is 5.89 Å². The van der Waals surface area contributed by atoms with Crippen molar-refractivity contribution in [1.29, 1.82) is 0 Å². The fourth-order valence-corrected chi connectivity index (χ4v) is 6.73. The fourth-order valence-electron chi connectivity index (χ4n) is 6.73. The lowest BCUT2D eigenvalue weighted by atomic mass is 9.33. The topological polar surface area (TPSA) is 32.5 Å². The first-order valence-corrected chi connectivity index (χ1v) is 14.3. The van der Waals surface area contributed by atoms with Gasteiger partial charge in [0.05, 0.1) is 0 Å². The second-order valence-corrected chi connectivity index (χ2v) is 10.8. The van der Waals surface area contributed by atoms with Gasteiger partial charge in [0.15, 0.2) is 5.58 Å². The van der Waals surface area contributed by atoms with E-state index in [1.54, 1.807) is 0 Å². The Labute approximate surface area is 244 Å². The average Bonchev–Trinajstić information content (AvgIpc) is 3.50. The maximum atomic E-state index is 6.36. The van der Waals surface area contributed by atoms with Crippen molar-refractivity contribution in [2.24, 2.45) is 0 Å². The molecular formula is C37H24BN3O. The quantitative estimate of drug-likeness (QED) is 0.218. The monoisotopic (exact) mass is 537 g/mol. The highest BCUT2D eigenvalue weighted by Gasteiger charge is 2.43. The first kappa shape index (κ1) is 23.2. The molecule has 0 atom stereocenters. The highest BCUT2D eigenvalue weighted by atomic mass is 16.3. The number of hydrogen-bond acceptors (Lipinski definition) is 4. The molecule has 0 saturated carbocycles. The molecule has 42 heavy (non-hydrogen) atoms. The van der Waals surface area contributed by atoms with Crippen LogP contribution in [0.25, 0.3) is 22.6 Å². The van der Waals surface area contributed by atoms with E-state index in [4.69, 9.17) is 9.40 Å². The molecule has 0 radical (unpaired) electrons. The molecule has 196 valence electrons. The minimum atomic E-state index is 0.0833. The molecule has 4 nitrogen and oxygen atoms in total. The molecule has 0 unspecified atom stereocenters. The first-order valence-electron chi connectivity index (χ1n) is 14.3. The zero-order valence-electron chi connectivity index (χ0n) is 22.7. The lowest BCUT2D eigenvalue weighted by Crippen LogP contribution is -2.61. The molecule has 0 fully saturated rings. The van der Waals surface area contributed by atoms with Crippen molar-refractivity contribution in [2.75, 3.05) is 9.80 Å². The van der Waals surface area contributed by atoms with Crippen molar-refractivity contribution in [3.8, 4) is 11.5 Å². The maximum Gasteiger partial charge on any atom is 0.252 e. The molecule has 0 N–H and O–H groups in total. The molecule has 0 spiro atoms. The predicted octanol–water partition coefficient (Wildman–Crippen LogP) is 7.58. The summed E-state index contributed by atoms with van der Waals surface area (Å²) in [6.07, 6.45) is 0. The van der Waals surface area contributed by atoms with Gasteiger partial charge >= 0.3 is 0 Å². The van der Waals surface area contributed by atoms with E-state index in [1.165, 1.54) is 27.8 Å². The average molecular weight is 537 g/mol. The van der Waals surface area contributed by atoms with Gasteiger partial charge in [0.1, 0.15) is 5.52 Å². The van der Waals surface area contributed by atoms with E-state index in [0.717, 1.165) is 39.4 Å². The van der Waals surface area contributed by atoms with E-state index >= 15 is 0 Å². The standard InChI is InChI=1S/C37H24BN3O/c1-3-13-26(14-4-1)40-31-20-10-7-17-28(31)38-29-18-8-11-21-32(29)41(27-15-5-2-6-16-27)34-24-25(23-33(40)36(34)38)37-39-30-19-9-12-22-35(30)42-37/h1-24H. The van der Waals surface area contributed by atoms with Crippen LogP contribution in [0.5, 0.6) is 0 Å². The molecule has 1 aromatic heterocycles. The van der Waals surface area contributed by atoms with Crippen LogP contribution in [0.3, 0.4) is 0 Å². The first-order chi connectivity index (χ1) is 20.8. The van der Waals surface area contributed by atoms with E-state index < -0.39 is 0 Å². The van der Waals surface area contributed by atoms with Gasteiger partial charge in [-0.1, -0.05) is 84.9 Å². The molecule has 2 aliphatic rings. The molecule has 7 aromatic rings. The summed E-state index contributed by atoms with van der Waals surface area (Å²) in [4.78, 5) is 9.72. The Kier molecular flexibility index (Phi) is 4.96. The van der Waals surface area contributed by atoms with Gasteiger partial charge in [-0.15, -0.1) is 0 Å². The van der Waals surface area contributed by atoms with Crippen molar-refractivity contribution in [2.45, 2.75) is 0 Å². The second kappa shape index (κ2) is 8.98. The molecule has 0 amide bonds. The predicted molar refractivity (Wildman–Crippen MR) is 173 cm³/mol. The molecule has 0 saturated heterocycles. The Bertz CT molecular complexity index is 1980. The van der Waals surface area contributed by atoms with Crippen molar-refractivity contribution in [3.05, 3.63) is 146 Å². The number of nitrogens with zero attached hydrogens (tertiary/aromatic N) is 3. The van der Waals surface area contributed by atoms with Gasteiger partial charge in [0.25, 0.3) is 6.71 Å². The van der Waals surface area contributed by atoms with Gasteiger partial charge < -0.3 is 14.2 Å². The third-order valence-electron chi connectivity index (χ3n) is 8.45. The van der Waals surface area contributed by atoms with Gasteiger partial charge in [-0.3, -0.25) is 0 Å². The van der Waals surface area contributed by atoms with Gasteiger partial charge in [-0.2, -0.15) is 0 Å². The molecule has 3 heterocycles. The number of hydrogen-bond donors (Lipinski definition) is 0. The second-order valence-electron chi connectivity index (χ2n) is 10.8. The lowest BCUT2D eigenvalue weighted by molar-refractivity contribution is 0.620. The number of para-hydroxylation sites is 6. The maximum absolute atomic E-state index is 6.36. The number of aromatic nitrogens is 1. The highest BCUT2D eigenvalue weighted by Crippen LogP contribution is 2.45. The van der Waals surface area contributed by atoms with Gasteiger partial charge in [-0.25, -0.2) is 4.98 Å². The molecule has 0 bridgehead atoms. The number of rotatable bonds is 3. The van der Waals surface area contributed by atoms with E-state index in [9.17, 15) is 0 Å². The summed E-state index contributed by atoms with van der Waals surface area (Å²) in [6.45, 7) is 0.0833. The Morgan fingerprint density at radius 1 is 0.500 bits per heavy atom. The van der Waals surface area contributed by atoms with Crippen LogP contribution < -0.4 is 26.2 Å². The summed E-state index contributed by atoms with van der Waals surface area (Å²) in [5, 5.41) is 0. The molecular weight excluding hydrogens is 513 g/mol. The third-order valence-corrected chi connectivity index (χ3v) is 8.45. The summed E-state index contributed by atoms with van der Waals surface area (Å²) in [5.41, 5.74) is 13.3. The van der Waals surface area contributed by atoms with Crippen LogP contribution in [0, 0.1) is 0 Å². The fraction of sp³-hybridized carbons (Fsp3) is 0. The minimum Gasteiger partial charge on any atom is -0.436 e. The summed E-state index contributed by atoms with van der Waals surface area (Å²) < 4.78 is 6.36. The molecule has 5 heteroatoms. The van der Waals surface area contributed by atoms with Crippen LogP contribution in [0.15, 0.2) is 150 Å². The van der Waals surface area contributed by atoms with Crippen LogP contribution in [-0.2, 0) is 0 Å². The van der Waals surface area contributed by atoms with Crippen LogP contribution >= 0.6 is 0 Å². The molecule has 9 rings (SSSR count). The van der Waals surface area contributed by atoms with E-state index in [1.807, 2.05) is 24.3 Å². The van der Waals surface area contributed by atoms with Crippen molar-refractivity contribution in [3.63, 3.8) is 0 Å².